The maximum absolute atomic E-state index is 13.3. The van der Waals surface area contributed by atoms with Gasteiger partial charge < -0.3 is 20.5 Å². The lowest BCUT2D eigenvalue weighted by atomic mass is 9.92. The number of rotatable bonds is 5. The fourth-order valence-corrected chi connectivity index (χ4v) is 4.49. The number of anilines is 2. The quantitative estimate of drug-likeness (QED) is 0.461. The van der Waals surface area contributed by atoms with E-state index < -0.39 is 11.7 Å². The molecule has 0 amide bonds. The molecule has 2 aromatic rings. The van der Waals surface area contributed by atoms with E-state index in [4.69, 9.17) is 15.2 Å². The van der Waals surface area contributed by atoms with E-state index in [1.807, 2.05) is 19.1 Å². The molecule has 2 heterocycles. The lowest BCUT2D eigenvalue weighted by Gasteiger charge is -2.44. The molecule has 5 rings (SSSR count). The van der Waals surface area contributed by atoms with Crippen LogP contribution in [0.3, 0.4) is 0 Å². The number of nitrogens with one attached hydrogen (secondary N) is 1. The van der Waals surface area contributed by atoms with Crippen molar-refractivity contribution in [1.82, 2.24) is 4.90 Å². The van der Waals surface area contributed by atoms with E-state index >= 15 is 0 Å². The van der Waals surface area contributed by atoms with E-state index in [2.05, 4.69) is 20.4 Å². The monoisotopic (exact) mass is 475 g/mol. The highest BCUT2D eigenvalue weighted by molar-refractivity contribution is 5.78. The Morgan fingerprint density at radius 1 is 1.18 bits per heavy atom. The Bertz CT molecular complexity index is 1070. The molecule has 2 aliphatic heterocycles. The fraction of sp³-hybridized carbons (Fsp3) is 0.500. The zero-order valence-electron chi connectivity index (χ0n) is 18.9. The molecule has 3 aliphatic rings. The van der Waals surface area contributed by atoms with Gasteiger partial charge in [0, 0.05) is 18.7 Å². The lowest BCUT2D eigenvalue weighted by Crippen LogP contribution is -2.54. The fourth-order valence-electron chi connectivity index (χ4n) is 4.49. The molecule has 3 unspecified atom stereocenters. The smallest absolute Gasteiger partial charge is 0.416 e. The second-order valence-corrected chi connectivity index (χ2v) is 9.12. The van der Waals surface area contributed by atoms with E-state index in [0.717, 1.165) is 25.0 Å². The average Bonchev–Trinajstić information content (AvgIpc) is 3.62. The van der Waals surface area contributed by atoms with Gasteiger partial charge in [-0.2, -0.15) is 23.4 Å². The van der Waals surface area contributed by atoms with Crippen LogP contribution in [0.2, 0.25) is 0 Å². The van der Waals surface area contributed by atoms with Crippen molar-refractivity contribution in [2.75, 3.05) is 37.4 Å². The summed E-state index contributed by atoms with van der Waals surface area (Å²) in [6, 6.07) is 8.93. The number of fused-ring (bicyclic) bond motifs is 1. The number of nitrogens with two attached hydrogens (primary N) is 1. The number of ether oxygens (including phenoxy) is 2. The standard InChI is InChI=1S/C24H28F3N5O2/c1-14-12-32(9-10-33-14)20-13-34-21-11-15(24(25,26)27)5-8-17(21)22(20)29-19-4-2-3-18(28)23(19)31-30-16-6-7-16/h2-5,8,11,14,16,20,22,29H,6-7,9-10,12-13,28H2,1H3. The highest BCUT2D eigenvalue weighted by Gasteiger charge is 2.39. The van der Waals surface area contributed by atoms with Gasteiger partial charge in [-0.05, 0) is 44.0 Å². The lowest BCUT2D eigenvalue weighted by molar-refractivity contribution is -0.137. The van der Waals surface area contributed by atoms with Crippen LogP contribution < -0.4 is 15.8 Å². The minimum absolute atomic E-state index is 0.0543. The first kappa shape index (κ1) is 22.9. The van der Waals surface area contributed by atoms with Crippen molar-refractivity contribution in [2.45, 2.75) is 50.2 Å². The number of hydrogen-bond donors (Lipinski definition) is 2. The van der Waals surface area contributed by atoms with Crippen LogP contribution in [-0.2, 0) is 10.9 Å². The molecular formula is C24H28F3N5O2. The molecule has 1 saturated carbocycles. The first-order valence-electron chi connectivity index (χ1n) is 11.5. The van der Waals surface area contributed by atoms with Gasteiger partial charge in [-0.1, -0.05) is 12.1 Å². The largest absolute Gasteiger partial charge is 0.491 e. The Labute approximate surface area is 196 Å². The van der Waals surface area contributed by atoms with Crippen molar-refractivity contribution >= 4 is 17.1 Å². The molecule has 1 aliphatic carbocycles. The molecule has 0 radical (unpaired) electrons. The summed E-state index contributed by atoms with van der Waals surface area (Å²) in [5.41, 5.74) is 7.88. The summed E-state index contributed by atoms with van der Waals surface area (Å²) in [7, 11) is 0. The molecule has 34 heavy (non-hydrogen) atoms. The van der Waals surface area contributed by atoms with Gasteiger partial charge in [0.05, 0.1) is 47.8 Å². The highest BCUT2D eigenvalue weighted by atomic mass is 19.4. The van der Waals surface area contributed by atoms with Crippen molar-refractivity contribution in [1.29, 1.82) is 0 Å². The van der Waals surface area contributed by atoms with Gasteiger partial charge >= 0.3 is 6.18 Å². The summed E-state index contributed by atoms with van der Waals surface area (Å²) >= 11 is 0. The van der Waals surface area contributed by atoms with E-state index in [0.29, 0.717) is 42.3 Å². The van der Waals surface area contributed by atoms with Gasteiger partial charge in [0.1, 0.15) is 18.0 Å². The predicted molar refractivity (Wildman–Crippen MR) is 122 cm³/mol. The Balaban J connectivity index is 1.52. The Morgan fingerprint density at radius 3 is 2.74 bits per heavy atom. The molecule has 2 fully saturated rings. The molecule has 1 saturated heterocycles. The minimum atomic E-state index is -4.44. The van der Waals surface area contributed by atoms with Gasteiger partial charge in [-0.25, -0.2) is 0 Å². The SMILES string of the molecule is CC1CN(C2COc3cc(C(F)(F)F)ccc3C2Nc2cccc(N)c2N=NC2CC2)CCO1. The van der Waals surface area contributed by atoms with Crippen LogP contribution in [0.1, 0.15) is 36.9 Å². The third kappa shape index (κ3) is 4.83. The Kier molecular flexibility index (Phi) is 6.11. The normalized spacial score (nSPS) is 25.7. The summed E-state index contributed by atoms with van der Waals surface area (Å²) in [5.74, 6) is 0.231. The first-order chi connectivity index (χ1) is 16.3. The zero-order valence-corrected chi connectivity index (χ0v) is 18.9. The average molecular weight is 476 g/mol. The zero-order chi connectivity index (χ0) is 23.9. The predicted octanol–water partition coefficient (Wildman–Crippen LogP) is 5.17. The molecule has 7 nitrogen and oxygen atoms in total. The molecule has 182 valence electrons. The maximum atomic E-state index is 13.3. The highest BCUT2D eigenvalue weighted by Crippen LogP contribution is 2.43. The minimum Gasteiger partial charge on any atom is -0.491 e. The van der Waals surface area contributed by atoms with E-state index in [-0.39, 0.29) is 36.6 Å². The van der Waals surface area contributed by atoms with E-state index in [1.54, 1.807) is 6.07 Å². The second kappa shape index (κ2) is 9.07. The Morgan fingerprint density at radius 2 is 2.00 bits per heavy atom. The molecule has 2 aromatic carbocycles. The second-order valence-electron chi connectivity index (χ2n) is 9.12. The van der Waals surface area contributed by atoms with Crippen molar-refractivity contribution < 1.29 is 22.6 Å². The number of hydrogen-bond acceptors (Lipinski definition) is 7. The van der Waals surface area contributed by atoms with E-state index in [9.17, 15) is 13.2 Å². The summed E-state index contributed by atoms with van der Waals surface area (Å²) in [4.78, 5) is 2.27. The first-order valence-corrected chi connectivity index (χ1v) is 11.5. The van der Waals surface area contributed by atoms with Crippen LogP contribution in [0.4, 0.5) is 30.2 Å². The van der Waals surface area contributed by atoms with Crippen LogP contribution in [0.25, 0.3) is 0 Å². The van der Waals surface area contributed by atoms with Crippen molar-refractivity contribution in [2.24, 2.45) is 10.2 Å². The van der Waals surface area contributed by atoms with Gasteiger partial charge in [0.2, 0.25) is 0 Å². The Hall–Kier alpha value is -2.85. The number of alkyl halides is 3. The summed E-state index contributed by atoms with van der Waals surface area (Å²) in [5, 5.41) is 12.3. The molecule has 0 spiro atoms. The van der Waals surface area contributed by atoms with Crippen LogP contribution in [0, 0.1) is 0 Å². The van der Waals surface area contributed by atoms with Crippen molar-refractivity contribution in [3.8, 4) is 5.75 Å². The van der Waals surface area contributed by atoms with Gasteiger partial charge in [0.25, 0.3) is 0 Å². The van der Waals surface area contributed by atoms with Crippen LogP contribution >= 0.6 is 0 Å². The maximum Gasteiger partial charge on any atom is 0.416 e. The summed E-state index contributed by atoms with van der Waals surface area (Å²) < 4.78 is 51.6. The number of nitrogens with zero attached hydrogens (tertiary/aromatic N) is 3. The molecule has 10 heteroatoms. The number of benzene rings is 2. The molecule has 0 bridgehead atoms. The van der Waals surface area contributed by atoms with E-state index in [1.165, 1.54) is 6.07 Å². The number of morpholine rings is 1. The van der Waals surface area contributed by atoms with Crippen molar-refractivity contribution in [3.63, 3.8) is 0 Å². The topological polar surface area (TPSA) is 84.5 Å². The third-order valence-electron chi connectivity index (χ3n) is 6.46. The van der Waals surface area contributed by atoms with Crippen LogP contribution in [0.5, 0.6) is 5.75 Å². The van der Waals surface area contributed by atoms with Crippen LogP contribution in [-0.4, -0.2) is 49.4 Å². The van der Waals surface area contributed by atoms with Crippen molar-refractivity contribution in [3.05, 3.63) is 47.5 Å². The van der Waals surface area contributed by atoms with Gasteiger partial charge in [0.15, 0.2) is 0 Å². The van der Waals surface area contributed by atoms with Crippen LogP contribution in [0.15, 0.2) is 46.6 Å². The third-order valence-corrected chi connectivity index (χ3v) is 6.46. The number of azo groups is 1. The molecule has 3 atom stereocenters. The summed E-state index contributed by atoms with van der Waals surface area (Å²) in [6.07, 6.45) is -2.35. The molecule has 3 N–H and O–H groups in total. The molecular weight excluding hydrogens is 447 g/mol. The molecule has 0 aromatic heterocycles. The van der Waals surface area contributed by atoms with Gasteiger partial charge in [-0.3, -0.25) is 4.90 Å². The number of nitrogen functional groups attached to an aromatic ring is 1. The summed E-state index contributed by atoms with van der Waals surface area (Å²) in [6.45, 7) is 4.25. The van der Waals surface area contributed by atoms with Gasteiger partial charge in [-0.15, -0.1) is 0 Å². The number of halogens is 3.